The van der Waals surface area contributed by atoms with Gasteiger partial charge in [0.2, 0.25) is 0 Å². The molecule has 0 atom stereocenters. The van der Waals surface area contributed by atoms with E-state index in [9.17, 15) is 31.5 Å². The van der Waals surface area contributed by atoms with Crippen LogP contribution in [-0.4, -0.2) is 65.9 Å². The van der Waals surface area contributed by atoms with Gasteiger partial charge in [-0.25, -0.2) is 13.4 Å². The first-order valence-corrected chi connectivity index (χ1v) is 14.9. The van der Waals surface area contributed by atoms with Gasteiger partial charge >= 0.3 is 6.18 Å². The average molecular weight is 574 g/mol. The Kier molecular flexibility index (Phi) is 8.81. The van der Waals surface area contributed by atoms with Gasteiger partial charge in [0.15, 0.2) is 0 Å². The number of rotatable bonds is 9. The first kappa shape index (κ1) is 30.9. The van der Waals surface area contributed by atoms with Crippen molar-refractivity contribution >= 4 is 15.7 Å². The normalized spacial score (nSPS) is 20.6. The van der Waals surface area contributed by atoms with Crippen LogP contribution in [0.1, 0.15) is 74.0 Å². The van der Waals surface area contributed by atoms with E-state index in [4.69, 9.17) is 4.74 Å². The summed E-state index contributed by atoms with van der Waals surface area (Å²) in [5, 5.41) is 13.2. The molecule has 1 heterocycles. The van der Waals surface area contributed by atoms with Crippen LogP contribution in [0.25, 0.3) is 5.69 Å². The Labute approximate surface area is 227 Å². The van der Waals surface area contributed by atoms with E-state index < -0.39 is 38.2 Å². The Morgan fingerprint density at radius 2 is 1.87 bits per heavy atom. The van der Waals surface area contributed by atoms with Gasteiger partial charge in [-0.1, -0.05) is 26.8 Å². The van der Waals surface area contributed by atoms with E-state index >= 15 is 0 Å². The molecule has 0 radical (unpaired) electrons. The second-order valence-electron chi connectivity index (χ2n) is 11.1. The zero-order chi connectivity index (χ0) is 29.4. The number of nitrogens with one attached hydrogen (secondary N) is 1. The molecule has 0 bridgehead atoms. The molecule has 39 heavy (non-hydrogen) atoms. The molecule has 0 saturated heterocycles. The van der Waals surface area contributed by atoms with Crippen molar-refractivity contribution in [2.45, 2.75) is 83.2 Å². The van der Waals surface area contributed by atoms with Gasteiger partial charge in [-0.05, 0) is 50.7 Å². The Morgan fingerprint density at radius 1 is 1.26 bits per heavy atom. The molecule has 1 aliphatic rings. The topological polar surface area (TPSA) is 111 Å². The van der Waals surface area contributed by atoms with Crippen molar-refractivity contribution in [1.29, 1.82) is 0 Å². The molecule has 0 spiro atoms. The number of sulfone groups is 1. The minimum absolute atomic E-state index is 0.0341. The number of halogens is 3. The maximum Gasteiger partial charge on any atom is 0.394 e. The van der Waals surface area contributed by atoms with Crippen molar-refractivity contribution in [1.82, 2.24) is 14.9 Å². The van der Waals surface area contributed by atoms with Crippen LogP contribution in [0.4, 0.5) is 13.2 Å². The number of methoxy groups -OCH3 is 1. The lowest BCUT2D eigenvalue weighted by Crippen LogP contribution is -2.47. The summed E-state index contributed by atoms with van der Waals surface area (Å²) in [5.74, 6) is 0.406. The van der Waals surface area contributed by atoms with E-state index in [1.54, 1.807) is 29.7 Å². The number of hydrogen-bond acceptors (Lipinski definition) is 6. The van der Waals surface area contributed by atoms with Crippen molar-refractivity contribution in [3.05, 3.63) is 41.0 Å². The fourth-order valence-electron chi connectivity index (χ4n) is 5.01. The van der Waals surface area contributed by atoms with Crippen LogP contribution < -0.4 is 10.1 Å². The predicted octanol–water partition coefficient (Wildman–Crippen LogP) is 4.33. The van der Waals surface area contributed by atoms with Crippen LogP contribution in [0.5, 0.6) is 5.75 Å². The van der Waals surface area contributed by atoms with E-state index in [1.165, 1.54) is 13.4 Å². The standard InChI is InChI=1S/C27H38F3N3O5S/c1-7-22-32-23(24(34)31-16-26(35)12-10-20(11-13-26)39(6,36)37)17(2)33(22)19-9-8-18(21(14-19)38-5)15-25(3,4)27(28,29)30/h8-9,14,20,35H,7,10-13,15-16H2,1-6H3,(H,31,34)/t20-,26-. The highest BCUT2D eigenvalue weighted by atomic mass is 32.2. The Bertz CT molecular complexity index is 1310. The van der Waals surface area contributed by atoms with Crippen molar-refractivity contribution in [3.8, 4) is 11.4 Å². The second kappa shape index (κ2) is 11.1. The zero-order valence-electron chi connectivity index (χ0n) is 23.3. The third kappa shape index (κ3) is 6.77. The average Bonchev–Trinajstić information content (AvgIpc) is 3.18. The van der Waals surface area contributed by atoms with Gasteiger partial charge in [-0.15, -0.1) is 0 Å². The summed E-state index contributed by atoms with van der Waals surface area (Å²) in [6.07, 6.45) is -1.78. The van der Waals surface area contributed by atoms with Gasteiger partial charge in [0.05, 0.1) is 34.8 Å². The van der Waals surface area contributed by atoms with E-state index in [0.717, 1.165) is 13.8 Å². The number of imidazole rings is 1. The lowest BCUT2D eigenvalue weighted by atomic mass is 9.84. The quantitative estimate of drug-likeness (QED) is 0.462. The fraction of sp³-hybridized carbons (Fsp3) is 0.630. The minimum atomic E-state index is -4.38. The fourth-order valence-corrected chi connectivity index (χ4v) is 6.10. The van der Waals surface area contributed by atoms with Crippen LogP contribution in [0, 0.1) is 12.3 Å². The van der Waals surface area contributed by atoms with Gasteiger partial charge < -0.3 is 19.7 Å². The zero-order valence-corrected chi connectivity index (χ0v) is 24.1. The molecule has 1 saturated carbocycles. The smallest absolute Gasteiger partial charge is 0.394 e. The SMILES string of the molecule is CCc1nc(C(=O)NC[C@]2(O)CC[C@H](S(C)(=O)=O)CC2)c(C)n1-c1ccc(CC(C)(C)C(F)(F)F)c(OC)c1. The molecule has 12 heteroatoms. The minimum Gasteiger partial charge on any atom is -0.496 e. The van der Waals surface area contributed by atoms with Gasteiger partial charge in [-0.3, -0.25) is 4.79 Å². The third-order valence-corrected chi connectivity index (χ3v) is 9.37. The van der Waals surface area contributed by atoms with Crippen LogP contribution in [0.3, 0.4) is 0 Å². The van der Waals surface area contributed by atoms with Gasteiger partial charge in [0, 0.05) is 25.3 Å². The lowest BCUT2D eigenvalue weighted by molar-refractivity contribution is -0.211. The second-order valence-corrected chi connectivity index (χ2v) is 13.5. The predicted molar refractivity (Wildman–Crippen MR) is 142 cm³/mol. The number of aliphatic hydroxyl groups is 1. The van der Waals surface area contributed by atoms with Crippen LogP contribution in [0.15, 0.2) is 18.2 Å². The molecule has 1 aromatic heterocycles. The summed E-state index contributed by atoms with van der Waals surface area (Å²) in [5.41, 5.74) is -1.44. The number of alkyl halides is 3. The molecular weight excluding hydrogens is 535 g/mol. The van der Waals surface area contributed by atoms with Crippen molar-refractivity contribution in [2.75, 3.05) is 19.9 Å². The van der Waals surface area contributed by atoms with E-state index in [1.807, 2.05) is 6.92 Å². The first-order valence-electron chi connectivity index (χ1n) is 12.9. The largest absolute Gasteiger partial charge is 0.496 e. The highest BCUT2D eigenvalue weighted by Crippen LogP contribution is 2.42. The van der Waals surface area contributed by atoms with Crippen LogP contribution in [-0.2, 0) is 22.7 Å². The molecule has 3 rings (SSSR count). The highest BCUT2D eigenvalue weighted by Gasteiger charge is 2.47. The van der Waals surface area contributed by atoms with E-state index in [2.05, 4.69) is 10.3 Å². The van der Waals surface area contributed by atoms with E-state index in [-0.39, 0.29) is 31.5 Å². The van der Waals surface area contributed by atoms with Gasteiger partial charge in [0.1, 0.15) is 27.1 Å². The number of hydrogen-bond donors (Lipinski definition) is 2. The third-order valence-electron chi connectivity index (χ3n) is 7.68. The molecule has 1 amide bonds. The Morgan fingerprint density at radius 3 is 2.38 bits per heavy atom. The monoisotopic (exact) mass is 573 g/mol. The number of amides is 1. The van der Waals surface area contributed by atoms with Gasteiger partial charge in [-0.2, -0.15) is 13.2 Å². The molecule has 1 fully saturated rings. The highest BCUT2D eigenvalue weighted by molar-refractivity contribution is 7.91. The number of nitrogens with zero attached hydrogens (tertiary/aromatic N) is 2. The Balaban J connectivity index is 1.82. The number of benzene rings is 1. The number of carbonyl (C=O) groups excluding carboxylic acids is 1. The van der Waals surface area contributed by atoms with E-state index in [0.29, 0.717) is 47.8 Å². The maximum atomic E-state index is 13.5. The molecule has 1 aliphatic carbocycles. The van der Waals surface area contributed by atoms with Crippen LogP contribution >= 0.6 is 0 Å². The molecular formula is C27H38F3N3O5S. The summed E-state index contributed by atoms with van der Waals surface area (Å²) in [7, 11) is -1.78. The molecule has 1 aromatic carbocycles. The molecule has 0 unspecified atom stereocenters. The summed E-state index contributed by atoms with van der Waals surface area (Å²) >= 11 is 0. The molecule has 2 aromatic rings. The Hall–Kier alpha value is -2.60. The van der Waals surface area contributed by atoms with Crippen LogP contribution in [0.2, 0.25) is 0 Å². The van der Waals surface area contributed by atoms with Crippen molar-refractivity contribution in [2.24, 2.45) is 5.41 Å². The molecule has 8 nitrogen and oxygen atoms in total. The molecule has 2 N–H and O–H groups in total. The lowest BCUT2D eigenvalue weighted by Gasteiger charge is -2.35. The number of ether oxygens (including phenoxy) is 1. The summed E-state index contributed by atoms with van der Waals surface area (Å²) in [4.78, 5) is 17.6. The first-order chi connectivity index (χ1) is 17.9. The van der Waals surface area contributed by atoms with Crippen molar-refractivity contribution in [3.63, 3.8) is 0 Å². The van der Waals surface area contributed by atoms with Gasteiger partial charge in [0.25, 0.3) is 5.91 Å². The molecule has 218 valence electrons. The number of carbonyl (C=O) groups is 1. The summed E-state index contributed by atoms with van der Waals surface area (Å²) in [6.45, 7) is 5.86. The maximum absolute atomic E-state index is 13.5. The molecule has 0 aliphatic heterocycles. The summed E-state index contributed by atoms with van der Waals surface area (Å²) < 4.78 is 71.2. The van der Waals surface area contributed by atoms with Crippen molar-refractivity contribution < 1.29 is 36.2 Å². The number of aromatic nitrogens is 2. The number of aryl methyl sites for hydroxylation is 1. The summed E-state index contributed by atoms with van der Waals surface area (Å²) in [6, 6.07) is 4.92.